The summed E-state index contributed by atoms with van der Waals surface area (Å²) in [6.07, 6.45) is 2.21. The molecule has 1 amide bonds. The molecule has 0 spiro atoms. The minimum atomic E-state index is -0.384. The summed E-state index contributed by atoms with van der Waals surface area (Å²) < 4.78 is 0. The van der Waals surface area contributed by atoms with Crippen LogP contribution in [0.1, 0.15) is 31.5 Å². The fourth-order valence-corrected chi connectivity index (χ4v) is 1.76. The van der Waals surface area contributed by atoms with Gasteiger partial charge in [0.1, 0.15) is 17.5 Å². The van der Waals surface area contributed by atoms with Crippen LogP contribution in [0.4, 0.5) is 11.6 Å². The first kappa shape index (κ1) is 12.6. The van der Waals surface area contributed by atoms with Crippen molar-refractivity contribution in [2.24, 2.45) is 11.6 Å². The second-order valence-electron chi connectivity index (χ2n) is 4.37. The summed E-state index contributed by atoms with van der Waals surface area (Å²) in [6, 6.07) is 1.72. The predicted molar refractivity (Wildman–Crippen MR) is 68.9 cm³/mol. The number of hydrogen-bond acceptors (Lipinski definition) is 6. The van der Waals surface area contributed by atoms with Crippen LogP contribution in [-0.4, -0.2) is 29.0 Å². The highest BCUT2D eigenvalue weighted by atomic mass is 16.1. The zero-order valence-corrected chi connectivity index (χ0v) is 10.4. The Bertz CT molecular complexity index is 445. The number of nitrogens with two attached hydrogens (primary N) is 2. The van der Waals surface area contributed by atoms with Gasteiger partial charge in [0.25, 0.3) is 0 Å². The average molecular weight is 250 g/mol. The van der Waals surface area contributed by atoms with Gasteiger partial charge >= 0.3 is 0 Å². The molecule has 5 N–H and O–H groups in total. The molecule has 1 aliphatic carbocycles. The number of nitrogens with zero attached hydrogens (tertiary/aromatic N) is 3. The number of likely N-dealkylation sites (N-methyl/N-ethyl adjacent to an activating group) is 1. The van der Waals surface area contributed by atoms with Gasteiger partial charge in [-0.15, -0.1) is 0 Å². The number of hydrazine groups is 1. The van der Waals surface area contributed by atoms with E-state index in [1.807, 2.05) is 6.92 Å². The molecule has 7 nitrogen and oxygen atoms in total. The summed E-state index contributed by atoms with van der Waals surface area (Å²) in [7, 11) is 0. The van der Waals surface area contributed by atoms with Gasteiger partial charge in [0.15, 0.2) is 0 Å². The number of nitrogen functional groups attached to an aromatic ring is 1. The Morgan fingerprint density at radius 3 is 2.78 bits per heavy atom. The van der Waals surface area contributed by atoms with Gasteiger partial charge in [-0.25, -0.2) is 15.8 Å². The summed E-state index contributed by atoms with van der Waals surface area (Å²) in [5.74, 6) is 7.46. The van der Waals surface area contributed by atoms with Crippen molar-refractivity contribution >= 4 is 17.5 Å². The van der Waals surface area contributed by atoms with Crippen molar-refractivity contribution in [1.29, 1.82) is 0 Å². The lowest BCUT2D eigenvalue weighted by molar-refractivity contribution is -0.116. The van der Waals surface area contributed by atoms with Gasteiger partial charge in [0.05, 0.1) is 6.54 Å². The third-order valence-electron chi connectivity index (χ3n) is 2.87. The van der Waals surface area contributed by atoms with Crippen LogP contribution in [0.5, 0.6) is 0 Å². The number of amides is 1. The fourth-order valence-electron chi connectivity index (χ4n) is 1.76. The Morgan fingerprint density at radius 1 is 1.56 bits per heavy atom. The zero-order chi connectivity index (χ0) is 13.1. The van der Waals surface area contributed by atoms with Crippen LogP contribution in [0.15, 0.2) is 6.07 Å². The Labute approximate surface area is 106 Å². The van der Waals surface area contributed by atoms with Gasteiger partial charge in [0, 0.05) is 18.5 Å². The van der Waals surface area contributed by atoms with Crippen LogP contribution in [0.2, 0.25) is 0 Å². The fraction of sp³-hybridized carbons (Fsp3) is 0.545. The molecule has 1 saturated carbocycles. The third-order valence-corrected chi connectivity index (χ3v) is 2.87. The largest absolute Gasteiger partial charge is 0.368 e. The van der Waals surface area contributed by atoms with Crippen LogP contribution in [-0.2, 0) is 4.79 Å². The minimum absolute atomic E-state index is 0.141. The number of nitrogens with one attached hydrogen (secondary N) is 1. The Kier molecular flexibility index (Phi) is 3.61. The van der Waals surface area contributed by atoms with E-state index in [2.05, 4.69) is 15.4 Å². The van der Waals surface area contributed by atoms with Gasteiger partial charge < -0.3 is 16.1 Å². The summed E-state index contributed by atoms with van der Waals surface area (Å²) >= 11 is 0. The zero-order valence-electron chi connectivity index (χ0n) is 10.4. The maximum absolute atomic E-state index is 11.0. The highest BCUT2D eigenvalue weighted by molar-refractivity contribution is 5.79. The Morgan fingerprint density at radius 2 is 2.28 bits per heavy atom. The normalized spacial score (nSPS) is 14.3. The first-order chi connectivity index (χ1) is 8.63. The third kappa shape index (κ3) is 2.86. The van der Waals surface area contributed by atoms with Crippen LogP contribution < -0.4 is 21.9 Å². The number of anilines is 2. The summed E-state index contributed by atoms with van der Waals surface area (Å²) in [6.45, 7) is 2.73. The quantitative estimate of drug-likeness (QED) is 0.482. The van der Waals surface area contributed by atoms with E-state index in [-0.39, 0.29) is 12.5 Å². The highest BCUT2D eigenvalue weighted by Gasteiger charge is 2.28. The summed E-state index contributed by atoms with van der Waals surface area (Å²) in [5.41, 5.74) is 7.75. The number of aromatic nitrogens is 2. The molecule has 0 saturated heterocycles. The topological polar surface area (TPSA) is 110 Å². The lowest BCUT2D eigenvalue weighted by Gasteiger charge is -2.21. The average Bonchev–Trinajstić information content (AvgIpc) is 3.19. The van der Waals surface area contributed by atoms with Crippen LogP contribution >= 0.6 is 0 Å². The second kappa shape index (κ2) is 5.18. The molecular formula is C11H18N6O. The molecule has 1 fully saturated rings. The monoisotopic (exact) mass is 250 g/mol. The van der Waals surface area contributed by atoms with Gasteiger partial charge in [0.2, 0.25) is 5.91 Å². The Balaban J connectivity index is 2.28. The van der Waals surface area contributed by atoms with Crippen molar-refractivity contribution in [3.05, 3.63) is 11.9 Å². The molecule has 7 heteroatoms. The van der Waals surface area contributed by atoms with Crippen molar-refractivity contribution in [3.63, 3.8) is 0 Å². The predicted octanol–water partition coefficient (Wildman–Crippen LogP) is -0.0488. The number of primary amides is 1. The van der Waals surface area contributed by atoms with Gasteiger partial charge in [-0.05, 0) is 19.8 Å². The molecule has 0 radical (unpaired) electrons. The highest BCUT2D eigenvalue weighted by Crippen LogP contribution is 2.39. The number of carbonyl (C=O) groups is 1. The van der Waals surface area contributed by atoms with Gasteiger partial charge in [-0.3, -0.25) is 4.79 Å². The molecule has 0 aromatic carbocycles. The molecule has 0 unspecified atom stereocenters. The molecule has 0 aliphatic heterocycles. The standard InChI is InChI=1S/C11H18N6O/c1-2-17(6-8(12)18)10-5-9(16-13)14-11(15-10)7-3-4-7/h5,7H,2-4,6,13H2,1H3,(H2,12,18)(H,14,15,16). The van der Waals surface area contributed by atoms with Crippen molar-refractivity contribution in [2.45, 2.75) is 25.7 Å². The van der Waals surface area contributed by atoms with E-state index in [1.54, 1.807) is 11.0 Å². The minimum Gasteiger partial charge on any atom is -0.368 e. The Hall–Kier alpha value is -1.89. The first-order valence-electron chi connectivity index (χ1n) is 6.03. The van der Waals surface area contributed by atoms with E-state index in [0.717, 1.165) is 18.7 Å². The smallest absolute Gasteiger partial charge is 0.236 e. The second-order valence-corrected chi connectivity index (χ2v) is 4.37. The van der Waals surface area contributed by atoms with Crippen molar-refractivity contribution in [3.8, 4) is 0 Å². The maximum Gasteiger partial charge on any atom is 0.236 e. The van der Waals surface area contributed by atoms with E-state index >= 15 is 0 Å². The SMILES string of the molecule is CCN(CC(N)=O)c1cc(NN)nc(C2CC2)n1. The van der Waals surface area contributed by atoms with E-state index in [1.165, 1.54) is 0 Å². The maximum atomic E-state index is 11.0. The van der Waals surface area contributed by atoms with Crippen molar-refractivity contribution in [2.75, 3.05) is 23.4 Å². The van der Waals surface area contributed by atoms with Crippen LogP contribution in [0.25, 0.3) is 0 Å². The molecule has 1 aromatic heterocycles. The van der Waals surface area contributed by atoms with Crippen molar-refractivity contribution in [1.82, 2.24) is 9.97 Å². The number of hydrogen-bond donors (Lipinski definition) is 3. The molecule has 18 heavy (non-hydrogen) atoms. The molecule has 1 aromatic rings. The first-order valence-corrected chi connectivity index (χ1v) is 6.03. The van der Waals surface area contributed by atoms with E-state index < -0.39 is 0 Å². The molecule has 98 valence electrons. The lowest BCUT2D eigenvalue weighted by Crippen LogP contribution is -2.34. The lowest BCUT2D eigenvalue weighted by atomic mass is 10.3. The van der Waals surface area contributed by atoms with Crippen molar-refractivity contribution < 1.29 is 4.79 Å². The molecule has 2 rings (SSSR count). The number of rotatable bonds is 6. The molecule has 0 bridgehead atoms. The number of carbonyl (C=O) groups excluding carboxylic acids is 1. The molecule has 0 atom stereocenters. The van der Waals surface area contributed by atoms with E-state index in [0.29, 0.717) is 24.1 Å². The van der Waals surface area contributed by atoms with Crippen LogP contribution in [0.3, 0.4) is 0 Å². The molecular weight excluding hydrogens is 232 g/mol. The summed E-state index contributed by atoms with van der Waals surface area (Å²) in [5, 5.41) is 0. The van der Waals surface area contributed by atoms with E-state index in [9.17, 15) is 4.79 Å². The summed E-state index contributed by atoms with van der Waals surface area (Å²) in [4.78, 5) is 21.6. The van der Waals surface area contributed by atoms with Gasteiger partial charge in [-0.2, -0.15) is 0 Å². The molecule has 1 heterocycles. The van der Waals surface area contributed by atoms with E-state index in [4.69, 9.17) is 11.6 Å². The molecule has 1 aliphatic rings. The van der Waals surface area contributed by atoms with Gasteiger partial charge in [-0.1, -0.05) is 0 Å². The van der Waals surface area contributed by atoms with Crippen LogP contribution in [0, 0.1) is 0 Å².